The molecule has 0 aliphatic carbocycles. The van der Waals surface area contributed by atoms with Crippen molar-refractivity contribution in [2.75, 3.05) is 6.79 Å². The van der Waals surface area contributed by atoms with E-state index < -0.39 is 0 Å². The molecule has 7 aromatic heterocycles. The van der Waals surface area contributed by atoms with Crippen molar-refractivity contribution in [2.24, 2.45) is 0 Å². The Morgan fingerprint density at radius 2 is 0.987 bits per heavy atom. The molecule has 0 amide bonds. The quantitative estimate of drug-likeness (QED) is 0.160. The number of benzene rings is 8. The summed E-state index contributed by atoms with van der Waals surface area (Å²) >= 11 is 3.46. The zero-order valence-corrected chi connectivity index (χ0v) is 42.7. The molecule has 0 saturated heterocycles. The Hall–Kier alpha value is -9.68. The summed E-state index contributed by atoms with van der Waals surface area (Å²) in [6, 6.07) is 77.4. The molecule has 9 nitrogen and oxygen atoms in total. The van der Waals surface area contributed by atoms with Gasteiger partial charge in [-0.1, -0.05) is 140 Å². The first kappa shape index (κ1) is 51.2. The minimum absolute atomic E-state index is 0.0688. The van der Waals surface area contributed by atoms with E-state index in [0.29, 0.717) is 6.79 Å². The zero-order valence-electron chi connectivity index (χ0n) is 41.0. The number of thiazole rings is 1. The van der Waals surface area contributed by atoms with E-state index in [1.165, 1.54) is 37.0 Å². The Labute approximate surface area is 446 Å². The summed E-state index contributed by atoms with van der Waals surface area (Å²) in [6.45, 7) is 0.360. The Morgan fingerprint density at radius 3 is 1.64 bits per heavy atom. The fourth-order valence-corrected chi connectivity index (χ4v) is 9.00. The summed E-state index contributed by atoms with van der Waals surface area (Å²) in [4.78, 5) is 26.5. The minimum atomic E-state index is 0.0688. The van der Waals surface area contributed by atoms with E-state index in [1.807, 2.05) is 194 Å². The second kappa shape index (κ2) is 27.4. The van der Waals surface area contributed by atoms with Crippen molar-refractivity contribution in [3.8, 4) is 11.5 Å². The molecule has 0 saturated carbocycles. The normalized spacial score (nSPS) is 10.6. The smallest absolute Gasteiger partial charge is 0.231 e. The van der Waals surface area contributed by atoms with Gasteiger partial charge in [-0.05, 0) is 113 Å². The van der Waals surface area contributed by atoms with Crippen molar-refractivity contribution in [3.63, 3.8) is 0 Å². The maximum atomic E-state index is 11.2. The maximum absolute atomic E-state index is 11.2. The minimum Gasteiger partial charge on any atom is -0.464 e. The van der Waals surface area contributed by atoms with Gasteiger partial charge in [0, 0.05) is 62.6 Å². The van der Waals surface area contributed by atoms with Crippen LogP contribution < -0.4 is 14.9 Å². The molecule has 8 aromatic carbocycles. The molecule has 1 N–H and O–H groups in total. The van der Waals surface area contributed by atoms with Crippen LogP contribution in [0, 0.1) is 0 Å². The third-order valence-electron chi connectivity index (χ3n) is 11.3. The molecule has 15 aromatic rings. The number of para-hydroxylation sites is 7. The van der Waals surface area contributed by atoms with Crippen LogP contribution in [0.5, 0.6) is 11.5 Å². The lowest BCUT2D eigenvalue weighted by Gasteiger charge is -1.92. The second-order valence-electron chi connectivity index (χ2n) is 16.4. The van der Waals surface area contributed by atoms with Crippen molar-refractivity contribution in [1.29, 1.82) is 0 Å². The third kappa shape index (κ3) is 14.7. The van der Waals surface area contributed by atoms with Gasteiger partial charge in [-0.3, -0.25) is 14.8 Å². The number of fused-ring (bicyclic) bond motifs is 8. The van der Waals surface area contributed by atoms with Crippen LogP contribution in [0.1, 0.15) is 0 Å². The molecule has 372 valence electrons. The van der Waals surface area contributed by atoms with Gasteiger partial charge >= 0.3 is 0 Å². The predicted molar refractivity (Wildman–Crippen MR) is 314 cm³/mol. The highest BCUT2D eigenvalue weighted by Gasteiger charge is 2.09. The Kier molecular flexibility index (Phi) is 18.5. The highest BCUT2D eigenvalue weighted by Crippen LogP contribution is 2.30. The number of hydrogen-bond donors (Lipinski definition) is 1. The summed E-state index contributed by atoms with van der Waals surface area (Å²) in [7, 11) is 0. The van der Waals surface area contributed by atoms with Gasteiger partial charge in [0.1, 0.15) is 11.2 Å². The number of pyridine rings is 3. The molecule has 0 radical (unpaired) electrons. The largest absolute Gasteiger partial charge is 0.464 e. The molecule has 76 heavy (non-hydrogen) atoms. The average molecular weight is 1030 g/mol. The van der Waals surface area contributed by atoms with Crippen molar-refractivity contribution in [2.45, 2.75) is 0 Å². The number of rotatable bonds is 0. The first-order chi connectivity index (χ1) is 37.6. The number of aromatic nitrogens is 4. The van der Waals surface area contributed by atoms with Gasteiger partial charge < -0.3 is 23.3 Å². The van der Waals surface area contributed by atoms with Crippen molar-refractivity contribution in [1.82, 2.24) is 19.9 Å². The Bertz CT molecular complexity index is 3590. The van der Waals surface area contributed by atoms with Crippen LogP contribution >= 0.6 is 22.7 Å². The number of H-pyrrole nitrogens is 1. The van der Waals surface area contributed by atoms with Gasteiger partial charge in [-0.25, -0.2) is 4.98 Å². The van der Waals surface area contributed by atoms with E-state index in [2.05, 4.69) is 86.0 Å². The standard InChI is InChI=1S/C9H7NO.2C9H7N.2C8H6O.C8H6S.C7H5NS.C7H6O2/c11-9-5-6-10-8-4-2-1-3-7(8)9;1-2-6-9-8(4-1)5-3-7-10-9;1-2-4-9-7-10-6-5-8(9)3-1;3*1-2-4-8-7(3-1)5-6-9-8;2*1-2-4-7-6(3-1)8-5-9-7/h1-6H,(H,10,11);2*1-7H;3*1-6H;1-5H;1-4H,5H2. The maximum Gasteiger partial charge on any atom is 0.231 e. The fraction of sp³-hybridized carbons (Fsp3) is 0.0154. The van der Waals surface area contributed by atoms with E-state index in [0.717, 1.165) is 55.4 Å². The van der Waals surface area contributed by atoms with Gasteiger partial charge in [0.05, 0.1) is 33.8 Å². The van der Waals surface area contributed by atoms with Crippen LogP contribution in [-0.2, 0) is 0 Å². The topological polar surface area (TPSA) is 116 Å². The van der Waals surface area contributed by atoms with E-state index in [1.54, 1.807) is 41.4 Å². The number of hydrogen-bond acceptors (Lipinski definition) is 10. The first-order valence-electron chi connectivity index (χ1n) is 24.2. The molecule has 1 aliphatic heterocycles. The molecule has 1 aliphatic rings. The molecular formula is C65H50N4O5S2. The molecule has 8 heterocycles. The summed E-state index contributed by atoms with van der Waals surface area (Å²) in [6.07, 6.45) is 10.5. The third-order valence-corrected chi connectivity index (χ3v) is 13.0. The zero-order chi connectivity index (χ0) is 51.8. The van der Waals surface area contributed by atoms with E-state index >= 15 is 0 Å². The van der Waals surface area contributed by atoms with Gasteiger partial charge in [0.2, 0.25) is 6.79 Å². The molecular weight excluding hydrogens is 981 g/mol. The number of nitrogens with one attached hydrogen (secondary N) is 1. The Balaban J connectivity index is 0.000000106. The summed E-state index contributed by atoms with van der Waals surface area (Å²) < 4.78 is 23.0. The lowest BCUT2D eigenvalue weighted by molar-refractivity contribution is 0.174. The SMILES string of the molecule is O=c1cc[nH]c2ccccc12.c1ccc2c(c1)OCO2.c1ccc2cnccc2c1.c1ccc2ncccc2c1.c1ccc2occc2c1.c1ccc2occc2c1.c1ccc2sccc2c1.c1ccc2scnc2c1. The van der Waals surface area contributed by atoms with Gasteiger partial charge in [-0.2, -0.15) is 0 Å². The highest BCUT2D eigenvalue weighted by molar-refractivity contribution is 7.17. The molecule has 0 bridgehead atoms. The summed E-state index contributed by atoms with van der Waals surface area (Å²) in [5, 5.41) is 10.2. The van der Waals surface area contributed by atoms with Crippen LogP contribution in [-0.4, -0.2) is 26.7 Å². The molecule has 0 spiro atoms. The first-order valence-corrected chi connectivity index (χ1v) is 25.9. The van der Waals surface area contributed by atoms with Gasteiger partial charge in [0.15, 0.2) is 16.9 Å². The highest BCUT2D eigenvalue weighted by atomic mass is 32.1. The summed E-state index contributed by atoms with van der Waals surface area (Å²) in [5.41, 5.74) is 6.90. The average Bonchev–Trinajstić information content (AvgIpc) is 4.38. The van der Waals surface area contributed by atoms with Gasteiger partial charge in [-0.15, -0.1) is 22.7 Å². The number of thiophene rings is 1. The molecule has 0 fully saturated rings. The number of furan rings is 2. The van der Waals surface area contributed by atoms with Crippen LogP contribution in [0.2, 0.25) is 0 Å². The lowest BCUT2D eigenvalue weighted by Crippen LogP contribution is -1.98. The van der Waals surface area contributed by atoms with Crippen molar-refractivity contribution in [3.05, 3.63) is 295 Å². The van der Waals surface area contributed by atoms with Crippen molar-refractivity contribution < 1.29 is 18.3 Å². The number of nitrogens with zero attached hydrogens (tertiary/aromatic N) is 3. The molecule has 16 rings (SSSR count). The fourth-order valence-electron chi connectivity index (χ4n) is 7.53. The molecule has 11 heteroatoms. The molecule has 0 unspecified atom stereocenters. The van der Waals surface area contributed by atoms with Crippen LogP contribution in [0.4, 0.5) is 0 Å². The van der Waals surface area contributed by atoms with E-state index in [9.17, 15) is 4.79 Å². The van der Waals surface area contributed by atoms with Crippen LogP contribution in [0.15, 0.2) is 298 Å². The second-order valence-corrected chi connectivity index (χ2v) is 18.2. The van der Waals surface area contributed by atoms with Crippen LogP contribution in [0.25, 0.3) is 74.8 Å². The lowest BCUT2D eigenvalue weighted by atomic mass is 10.2. The monoisotopic (exact) mass is 1030 g/mol. The van der Waals surface area contributed by atoms with E-state index in [-0.39, 0.29) is 5.43 Å². The van der Waals surface area contributed by atoms with Crippen LogP contribution in [0.3, 0.4) is 0 Å². The van der Waals surface area contributed by atoms with Gasteiger partial charge in [0.25, 0.3) is 0 Å². The predicted octanol–water partition coefficient (Wildman–Crippen LogP) is 17.5. The summed E-state index contributed by atoms with van der Waals surface area (Å²) in [5.74, 6) is 1.69. The van der Waals surface area contributed by atoms with E-state index in [4.69, 9.17) is 18.3 Å². The number of aromatic amines is 1. The van der Waals surface area contributed by atoms with Crippen molar-refractivity contribution >= 4 is 97.5 Å². The number of ether oxygens (including phenoxy) is 2. The Morgan fingerprint density at radius 1 is 0.421 bits per heavy atom. The molecule has 0 atom stereocenters.